The van der Waals surface area contributed by atoms with Crippen molar-refractivity contribution in [3.63, 3.8) is 0 Å². The normalized spacial score (nSPS) is 11.3. The number of benzene rings is 1. The van der Waals surface area contributed by atoms with E-state index in [1.807, 2.05) is 0 Å². The number of rotatable bonds is 8. The Morgan fingerprint density at radius 2 is 1.79 bits per heavy atom. The summed E-state index contributed by atoms with van der Waals surface area (Å²) in [5, 5.41) is 0. The molecule has 0 fully saturated rings. The number of carbonyl (C=O) groups is 1. The number of alkyl halides is 3. The topological polar surface area (TPSA) is 26.3 Å². The van der Waals surface area contributed by atoms with Crippen molar-refractivity contribution in [3.8, 4) is 0 Å². The standard InChI is InChI=1S/C13H15F3O2S/c14-13(15,16)19-12-7-5-11(6-8-12)4-2-1-3-9-18-10-17/h5-8,10H,1-4,9H2. The second kappa shape index (κ2) is 8.09. The number of aryl methyl sites for hydroxylation is 1. The first-order chi connectivity index (χ1) is 9.01. The zero-order valence-electron chi connectivity index (χ0n) is 10.3. The van der Waals surface area contributed by atoms with Gasteiger partial charge in [-0.1, -0.05) is 12.1 Å². The SMILES string of the molecule is O=COCCCCCc1ccc(SC(F)(F)F)cc1. The van der Waals surface area contributed by atoms with Crippen LogP contribution < -0.4 is 0 Å². The van der Waals surface area contributed by atoms with Crippen molar-refractivity contribution in [2.45, 2.75) is 36.1 Å². The van der Waals surface area contributed by atoms with Crippen molar-refractivity contribution in [1.29, 1.82) is 0 Å². The van der Waals surface area contributed by atoms with Crippen molar-refractivity contribution in [2.24, 2.45) is 0 Å². The molecule has 0 saturated heterocycles. The van der Waals surface area contributed by atoms with E-state index in [0.717, 1.165) is 31.2 Å². The summed E-state index contributed by atoms with van der Waals surface area (Å²) in [6, 6.07) is 6.41. The fraction of sp³-hybridized carbons (Fsp3) is 0.462. The Morgan fingerprint density at radius 3 is 2.37 bits per heavy atom. The average Bonchev–Trinajstić information content (AvgIpc) is 2.34. The second-order valence-electron chi connectivity index (χ2n) is 3.97. The van der Waals surface area contributed by atoms with Crippen molar-refractivity contribution in [3.05, 3.63) is 29.8 Å². The molecule has 1 aromatic carbocycles. The zero-order chi connectivity index (χ0) is 14.1. The molecule has 6 heteroatoms. The third kappa shape index (κ3) is 7.77. The quantitative estimate of drug-likeness (QED) is 0.408. The summed E-state index contributed by atoms with van der Waals surface area (Å²) in [5.41, 5.74) is -3.22. The maximum Gasteiger partial charge on any atom is 0.446 e. The Bertz CT molecular complexity index is 376. The molecule has 0 unspecified atom stereocenters. The largest absolute Gasteiger partial charge is 0.468 e. The molecule has 0 atom stereocenters. The van der Waals surface area contributed by atoms with Crippen LogP contribution in [0.5, 0.6) is 0 Å². The fourth-order valence-corrected chi connectivity index (χ4v) is 2.14. The summed E-state index contributed by atoms with van der Waals surface area (Å²) < 4.78 is 40.9. The molecule has 0 aliphatic rings. The summed E-state index contributed by atoms with van der Waals surface area (Å²) in [4.78, 5) is 10.1. The van der Waals surface area contributed by atoms with Crippen LogP contribution in [0.1, 0.15) is 24.8 Å². The molecule has 0 radical (unpaired) electrons. The molecule has 1 aromatic rings. The van der Waals surface area contributed by atoms with Gasteiger partial charge in [0.25, 0.3) is 6.47 Å². The molecule has 0 aromatic heterocycles. The molecule has 0 N–H and O–H groups in total. The van der Waals surface area contributed by atoms with Crippen LogP contribution in [0.15, 0.2) is 29.2 Å². The Balaban J connectivity index is 2.26. The lowest BCUT2D eigenvalue weighted by molar-refractivity contribution is -0.128. The summed E-state index contributed by atoms with van der Waals surface area (Å²) in [6.45, 7) is 0.849. The predicted octanol–water partition coefficient (Wildman–Crippen LogP) is 4.18. The van der Waals surface area contributed by atoms with Gasteiger partial charge in [-0.05, 0) is 55.1 Å². The molecule has 106 valence electrons. The lowest BCUT2D eigenvalue weighted by atomic mass is 10.1. The maximum atomic E-state index is 12.1. The van der Waals surface area contributed by atoms with Crippen LogP contribution in [0.3, 0.4) is 0 Å². The van der Waals surface area contributed by atoms with Gasteiger partial charge >= 0.3 is 5.51 Å². The molecule has 0 heterocycles. The van der Waals surface area contributed by atoms with E-state index in [1.54, 1.807) is 12.1 Å². The highest BCUT2D eigenvalue weighted by atomic mass is 32.2. The third-order valence-corrected chi connectivity index (χ3v) is 3.19. The van der Waals surface area contributed by atoms with E-state index < -0.39 is 5.51 Å². The highest BCUT2D eigenvalue weighted by Gasteiger charge is 2.28. The van der Waals surface area contributed by atoms with Gasteiger partial charge in [0, 0.05) is 4.90 Å². The van der Waals surface area contributed by atoms with Gasteiger partial charge in [0.15, 0.2) is 0 Å². The molecule has 0 bridgehead atoms. The highest BCUT2D eigenvalue weighted by molar-refractivity contribution is 8.00. The van der Waals surface area contributed by atoms with Gasteiger partial charge in [0.1, 0.15) is 0 Å². The lowest BCUT2D eigenvalue weighted by Crippen LogP contribution is -1.99. The number of ether oxygens (including phenoxy) is 1. The third-order valence-electron chi connectivity index (χ3n) is 2.45. The van der Waals surface area contributed by atoms with E-state index in [-0.39, 0.29) is 16.7 Å². The van der Waals surface area contributed by atoms with Crippen LogP contribution in [0.25, 0.3) is 0 Å². The number of halogens is 3. The minimum atomic E-state index is -4.24. The summed E-state index contributed by atoms with van der Waals surface area (Å²) in [7, 11) is 0. The first-order valence-electron chi connectivity index (χ1n) is 5.91. The number of hydrogen-bond donors (Lipinski definition) is 0. The van der Waals surface area contributed by atoms with Gasteiger partial charge in [-0.3, -0.25) is 4.79 Å². The average molecular weight is 292 g/mol. The van der Waals surface area contributed by atoms with E-state index in [1.165, 1.54) is 12.1 Å². The van der Waals surface area contributed by atoms with Crippen molar-refractivity contribution < 1.29 is 22.7 Å². The summed E-state index contributed by atoms with van der Waals surface area (Å²) in [6.07, 6.45) is 3.47. The Kier molecular flexibility index (Phi) is 6.77. The smallest absolute Gasteiger partial charge is 0.446 e. The van der Waals surface area contributed by atoms with Crippen LogP contribution in [0.4, 0.5) is 13.2 Å². The molecule has 0 aliphatic heterocycles. The van der Waals surface area contributed by atoms with Gasteiger partial charge < -0.3 is 4.74 Å². The lowest BCUT2D eigenvalue weighted by Gasteiger charge is -2.06. The fourth-order valence-electron chi connectivity index (χ4n) is 1.60. The summed E-state index contributed by atoms with van der Waals surface area (Å²) in [5.74, 6) is 0. The van der Waals surface area contributed by atoms with Gasteiger partial charge in [0.05, 0.1) is 6.61 Å². The second-order valence-corrected chi connectivity index (χ2v) is 5.11. The molecule has 1 rings (SSSR count). The monoisotopic (exact) mass is 292 g/mol. The Hall–Kier alpha value is -1.17. The van der Waals surface area contributed by atoms with Gasteiger partial charge in [-0.15, -0.1) is 0 Å². The number of hydrogen-bond acceptors (Lipinski definition) is 3. The number of unbranched alkanes of at least 4 members (excludes halogenated alkanes) is 2. The highest BCUT2D eigenvalue weighted by Crippen LogP contribution is 2.36. The predicted molar refractivity (Wildman–Crippen MR) is 67.9 cm³/mol. The summed E-state index contributed by atoms with van der Waals surface area (Å²) >= 11 is -0.103. The van der Waals surface area contributed by atoms with Gasteiger partial charge in [-0.2, -0.15) is 13.2 Å². The number of thioether (sulfide) groups is 1. The van der Waals surface area contributed by atoms with E-state index >= 15 is 0 Å². The van der Waals surface area contributed by atoms with Crippen LogP contribution in [0.2, 0.25) is 0 Å². The molecule has 0 amide bonds. The molecule has 0 aliphatic carbocycles. The van der Waals surface area contributed by atoms with Crippen molar-refractivity contribution >= 4 is 18.2 Å². The van der Waals surface area contributed by atoms with E-state index in [0.29, 0.717) is 13.1 Å². The van der Waals surface area contributed by atoms with E-state index in [9.17, 15) is 18.0 Å². The molecule has 0 spiro atoms. The van der Waals surface area contributed by atoms with Crippen LogP contribution >= 0.6 is 11.8 Å². The minimum Gasteiger partial charge on any atom is -0.468 e. The van der Waals surface area contributed by atoms with Gasteiger partial charge in [-0.25, -0.2) is 0 Å². The molecule has 19 heavy (non-hydrogen) atoms. The van der Waals surface area contributed by atoms with Gasteiger partial charge in [0.2, 0.25) is 0 Å². The first-order valence-corrected chi connectivity index (χ1v) is 6.73. The zero-order valence-corrected chi connectivity index (χ0v) is 11.1. The molecular formula is C13H15F3O2S. The molecule has 0 saturated carbocycles. The van der Waals surface area contributed by atoms with Crippen molar-refractivity contribution in [1.82, 2.24) is 0 Å². The maximum absolute atomic E-state index is 12.1. The van der Waals surface area contributed by atoms with Crippen LogP contribution in [-0.2, 0) is 16.0 Å². The Labute approximate surface area is 114 Å². The number of carbonyl (C=O) groups excluding carboxylic acids is 1. The Morgan fingerprint density at radius 1 is 1.11 bits per heavy atom. The minimum absolute atomic E-state index is 0.103. The van der Waals surface area contributed by atoms with Crippen molar-refractivity contribution in [2.75, 3.05) is 6.61 Å². The first kappa shape index (κ1) is 15.9. The van der Waals surface area contributed by atoms with E-state index in [2.05, 4.69) is 4.74 Å². The van der Waals surface area contributed by atoms with Crippen LogP contribution in [0, 0.1) is 0 Å². The molecule has 2 nitrogen and oxygen atoms in total. The molecular weight excluding hydrogens is 277 g/mol. The van der Waals surface area contributed by atoms with Crippen LogP contribution in [-0.4, -0.2) is 18.6 Å². The van der Waals surface area contributed by atoms with E-state index in [4.69, 9.17) is 0 Å².